The lowest BCUT2D eigenvalue weighted by atomic mass is 9.72. The number of rotatable bonds is 6. The lowest BCUT2D eigenvalue weighted by Crippen LogP contribution is -2.26. The first-order chi connectivity index (χ1) is 17.1. The molecule has 1 aliphatic carbocycles. The summed E-state index contributed by atoms with van der Waals surface area (Å²) in [6, 6.07) is 8.54. The molecular weight excluding hydrogens is 486 g/mol. The molecule has 1 aliphatic rings. The number of aromatic nitrogens is 1. The molecule has 188 valence electrons. The minimum atomic E-state index is -0.301. The third kappa shape index (κ3) is 5.40. The molecule has 3 aromatic rings. The number of aryl methyl sites for hydroxylation is 2. The highest BCUT2D eigenvalue weighted by Crippen LogP contribution is 2.44. The van der Waals surface area contributed by atoms with Crippen molar-refractivity contribution in [1.29, 1.82) is 5.26 Å². The fourth-order valence-electron chi connectivity index (χ4n) is 4.56. The molecule has 1 atom stereocenters. The number of thiazole rings is 1. The number of anilines is 1. The van der Waals surface area contributed by atoms with E-state index >= 15 is 0 Å². The molecule has 0 saturated heterocycles. The van der Waals surface area contributed by atoms with Crippen molar-refractivity contribution in [2.75, 3.05) is 11.9 Å². The molecule has 1 unspecified atom stereocenters. The molecule has 2 aromatic heterocycles. The number of fused-ring (bicyclic) bond motifs is 1. The van der Waals surface area contributed by atoms with Gasteiger partial charge in [0.1, 0.15) is 21.7 Å². The van der Waals surface area contributed by atoms with Gasteiger partial charge in [0.05, 0.1) is 17.9 Å². The van der Waals surface area contributed by atoms with Gasteiger partial charge in [0.15, 0.2) is 0 Å². The maximum absolute atomic E-state index is 12.9. The van der Waals surface area contributed by atoms with Gasteiger partial charge in [0.25, 0.3) is 0 Å². The van der Waals surface area contributed by atoms with Crippen LogP contribution in [0, 0.1) is 36.5 Å². The van der Waals surface area contributed by atoms with E-state index in [0.717, 1.165) is 41.1 Å². The quantitative estimate of drug-likeness (QED) is 0.266. The Morgan fingerprint density at radius 3 is 2.75 bits per heavy atom. The Hall–Kier alpha value is -2.95. The maximum atomic E-state index is 12.9. The van der Waals surface area contributed by atoms with Crippen LogP contribution in [0.15, 0.2) is 29.8 Å². The largest absolute Gasteiger partial charge is 0.462 e. The van der Waals surface area contributed by atoms with E-state index in [0.29, 0.717) is 28.7 Å². The summed E-state index contributed by atoms with van der Waals surface area (Å²) in [6.45, 7) is 13.2. The lowest BCUT2D eigenvalue weighted by molar-refractivity contribution is 0.0526. The highest BCUT2D eigenvalue weighted by atomic mass is 32.1. The number of nitrogens with one attached hydrogen (secondary N) is 1. The van der Waals surface area contributed by atoms with E-state index in [2.05, 4.69) is 64.2 Å². The molecule has 1 N–H and O–H groups in total. The van der Waals surface area contributed by atoms with Crippen molar-refractivity contribution >= 4 is 39.2 Å². The highest BCUT2D eigenvalue weighted by molar-refractivity contribution is 7.16. The zero-order valence-corrected chi connectivity index (χ0v) is 23.5. The predicted octanol–water partition coefficient (Wildman–Crippen LogP) is 7.79. The summed E-state index contributed by atoms with van der Waals surface area (Å²) in [5.74, 6) is 0.265. The third-order valence-electron chi connectivity index (χ3n) is 6.97. The van der Waals surface area contributed by atoms with Gasteiger partial charge in [-0.1, -0.05) is 32.9 Å². The van der Waals surface area contributed by atoms with Crippen LogP contribution in [0.5, 0.6) is 0 Å². The Labute approximate surface area is 221 Å². The second kappa shape index (κ2) is 10.6. The van der Waals surface area contributed by atoms with E-state index in [1.54, 1.807) is 17.5 Å². The van der Waals surface area contributed by atoms with Crippen molar-refractivity contribution in [3.63, 3.8) is 0 Å². The molecular formula is C29H33N3O2S2. The van der Waals surface area contributed by atoms with E-state index in [-0.39, 0.29) is 11.4 Å². The highest BCUT2D eigenvalue weighted by Gasteiger charge is 2.34. The number of nitriles is 1. The summed E-state index contributed by atoms with van der Waals surface area (Å²) in [5, 5.41) is 16.5. The van der Waals surface area contributed by atoms with Gasteiger partial charge in [-0.15, -0.1) is 22.7 Å². The fourth-order valence-corrected chi connectivity index (χ4v) is 6.64. The fraction of sp³-hybridized carbons (Fsp3) is 0.414. The molecule has 0 fully saturated rings. The summed E-state index contributed by atoms with van der Waals surface area (Å²) >= 11 is 3.05. The Morgan fingerprint density at radius 2 is 2.08 bits per heavy atom. The molecule has 0 amide bonds. The number of hydrogen-bond donors (Lipinski definition) is 1. The van der Waals surface area contributed by atoms with Crippen LogP contribution in [0.25, 0.3) is 16.8 Å². The Bertz CT molecular complexity index is 1350. The topological polar surface area (TPSA) is 75.0 Å². The van der Waals surface area contributed by atoms with Crippen LogP contribution in [-0.2, 0) is 17.6 Å². The van der Waals surface area contributed by atoms with Crippen molar-refractivity contribution < 1.29 is 9.53 Å². The molecule has 0 bridgehead atoms. The zero-order chi connectivity index (χ0) is 26.0. The molecule has 36 heavy (non-hydrogen) atoms. The van der Waals surface area contributed by atoms with Gasteiger partial charge in [0, 0.05) is 22.0 Å². The number of hydrogen-bond acceptors (Lipinski definition) is 7. The summed E-state index contributed by atoms with van der Waals surface area (Å²) in [5.41, 5.74) is 6.70. The van der Waals surface area contributed by atoms with Gasteiger partial charge in [-0.2, -0.15) is 5.26 Å². The minimum absolute atomic E-state index is 0.214. The van der Waals surface area contributed by atoms with Crippen molar-refractivity contribution in [1.82, 2.24) is 4.98 Å². The molecule has 2 heterocycles. The third-order valence-corrected chi connectivity index (χ3v) is 9.04. The van der Waals surface area contributed by atoms with Gasteiger partial charge in [-0.25, -0.2) is 9.78 Å². The second-order valence-electron chi connectivity index (χ2n) is 10.4. The Balaban J connectivity index is 1.64. The number of ether oxygens (including phenoxy) is 1. The number of esters is 1. The summed E-state index contributed by atoms with van der Waals surface area (Å²) < 4.78 is 5.41. The van der Waals surface area contributed by atoms with Gasteiger partial charge < -0.3 is 10.1 Å². The van der Waals surface area contributed by atoms with Crippen LogP contribution < -0.4 is 5.32 Å². The van der Waals surface area contributed by atoms with Crippen LogP contribution in [0.2, 0.25) is 0 Å². The molecule has 1 aromatic carbocycles. The summed E-state index contributed by atoms with van der Waals surface area (Å²) in [7, 11) is 0. The molecule has 0 spiro atoms. The van der Waals surface area contributed by atoms with Crippen molar-refractivity contribution in [2.24, 2.45) is 11.3 Å². The lowest BCUT2D eigenvalue weighted by Gasteiger charge is -2.33. The molecule has 0 saturated carbocycles. The van der Waals surface area contributed by atoms with Crippen LogP contribution in [0.4, 0.5) is 5.00 Å². The molecule has 0 aliphatic heterocycles. The molecule has 7 heteroatoms. The monoisotopic (exact) mass is 519 g/mol. The number of nitrogens with zero attached hydrogens (tertiary/aromatic N) is 2. The Kier molecular flexibility index (Phi) is 7.67. The normalized spacial score (nSPS) is 15.8. The van der Waals surface area contributed by atoms with Crippen molar-refractivity contribution in [2.45, 2.75) is 60.8 Å². The molecule has 5 nitrogen and oxygen atoms in total. The minimum Gasteiger partial charge on any atom is -0.462 e. The number of carbonyl (C=O) groups is 1. The van der Waals surface area contributed by atoms with Gasteiger partial charge in [-0.05, 0) is 74.1 Å². The van der Waals surface area contributed by atoms with E-state index in [4.69, 9.17) is 9.72 Å². The van der Waals surface area contributed by atoms with Crippen molar-refractivity contribution in [3.8, 4) is 17.3 Å². The number of allylic oxidation sites excluding steroid dienone is 1. The number of carbonyl (C=O) groups excluding carboxylic acids is 1. The van der Waals surface area contributed by atoms with Crippen LogP contribution in [0.1, 0.15) is 71.0 Å². The first-order valence-electron chi connectivity index (χ1n) is 12.3. The summed E-state index contributed by atoms with van der Waals surface area (Å²) in [6.07, 6.45) is 4.55. The van der Waals surface area contributed by atoms with E-state index in [1.165, 1.54) is 27.3 Å². The van der Waals surface area contributed by atoms with E-state index in [9.17, 15) is 10.1 Å². The van der Waals surface area contributed by atoms with Gasteiger partial charge in [-0.3, -0.25) is 0 Å². The number of benzene rings is 1. The number of thiophene rings is 1. The maximum Gasteiger partial charge on any atom is 0.341 e. The zero-order valence-electron chi connectivity index (χ0n) is 21.8. The average molecular weight is 520 g/mol. The Morgan fingerprint density at radius 1 is 1.31 bits per heavy atom. The SMILES string of the molecule is CCOC(=O)c1c(N/C=C(\C#N)c2nc(-c3ccc(C)c(C)c3)cs2)sc2c1CCC(C(C)(C)C)C2. The van der Waals surface area contributed by atoms with Gasteiger partial charge >= 0.3 is 5.97 Å². The van der Waals surface area contributed by atoms with Crippen molar-refractivity contribution in [3.05, 3.63) is 61.9 Å². The standard InChI is InChI=1S/C29H33N3O2S2/c1-7-34-28(33)25-22-11-10-21(29(4,5)6)13-24(22)36-27(25)31-15-20(14-30)26-32-23(16-35-26)19-9-8-17(2)18(3)12-19/h8-9,12,15-16,21,31H,7,10-11,13H2,1-6H3/b20-15+. The smallest absolute Gasteiger partial charge is 0.341 e. The second-order valence-corrected chi connectivity index (χ2v) is 12.3. The van der Waals surface area contributed by atoms with E-state index in [1.807, 2.05) is 12.3 Å². The summed E-state index contributed by atoms with van der Waals surface area (Å²) in [4.78, 5) is 18.9. The van der Waals surface area contributed by atoms with Gasteiger partial charge in [0.2, 0.25) is 0 Å². The van der Waals surface area contributed by atoms with Crippen LogP contribution in [0.3, 0.4) is 0 Å². The van der Waals surface area contributed by atoms with Crippen LogP contribution in [-0.4, -0.2) is 17.6 Å². The first-order valence-corrected chi connectivity index (χ1v) is 14.0. The average Bonchev–Trinajstić information content (AvgIpc) is 3.45. The van der Waals surface area contributed by atoms with E-state index < -0.39 is 0 Å². The molecule has 4 rings (SSSR count). The first kappa shape index (κ1) is 26.1. The predicted molar refractivity (Wildman–Crippen MR) is 149 cm³/mol. The van der Waals surface area contributed by atoms with Crippen LogP contribution >= 0.6 is 22.7 Å². The molecule has 0 radical (unpaired) electrons.